The van der Waals surface area contributed by atoms with Gasteiger partial charge < -0.3 is 4.74 Å². The average Bonchev–Trinajstić information content (AvgIpc) is 1.67. The molecule has 0 spiro atoms. The van der Waals surface area contributed by atoms with E-state index in [2.05, 4.69) is 23.6 Å². The number of rotatable bonds is 1. The molecule has 0 bridgehead atoms. The van der Waals surface area contributed by atoms with Gasteiger partial charge in [-0.25, -0.2) is 0 Å². The van der Waals surface area contributed by atoms with E-state index in [-0.39, 0.29) is 5.97 Å². The SMILES string of the molecule is C=C=C.CCOC(C)=O. The van der Waals surface area contributed by atoms with Crippen LogP contribution >= 0.6 is 0 Å². The highest BCUT2D eigenvalue weighted by atomic mass is 16.5. The van der Waals surface area contributed by atoms with E-state index < -0.39 is 0 Å². The fourth-order valence-corrected chi connectivity index (χ4v) is 0.203. The zero-order valence-corrected chi connectivity index (χ0v) is 5.94. The van der Waals surface area contributed by atoms with Gasteiger partial charge in [0.1, 0.15) is 0 Å². The van der Waals surface area contributed by atoms with Crippen molar-refractivity contribution in [2.45, 2.75) is 13.8 Å². The van der Waals surface area contributed by atoms with E-state index in [1.165, 1.54) is 6.92 Å². The van der Waals surface area contributed by atoms with Crippen LogP contribution in [-0.4, -0.2) is 12.6 Å². The third-order valence-corrected chi connectivity index (χ3v) is 0.348. The van der Waals surface area contributed by atoms with Gasteiger partial charge in [0.2, 0.25) is 0 Å². The Kier molecular flexibility index (Phi) is 12.2. The van der Waals surface area contributed by atoms with Crippen molar-refractivity contribution >= 4 is 5.97 Å². The maximum Gasteiger partial charge on any atom is 0.302 e. The van der Waals surface area contributed by atoms with E-state index in [1.54, 1.807) is 6.92 Å². The first kappa shape index (κ1) is 10.9. The molecule has 0 heterocycles. The van der Waals surface area contributed by atoms with Crippen LogP contribution in [0.4, 0.5) is 0 Å². The monoisotopic (exact) mass is 128 g/mol. The van der Waals surface area contributed by atoms with Crippen LogP contribution in [0.25, 0.3) is 0 Å². The van der Waals surface area contributed by atoms with Crippen LogP contribution in [-0.2, 0) is 9.53 Å². The number of carbonyl (C=O) groups is 1. The summed E-state index contributed by atoms with van der Waals surface area (Å²) in [6.07, 6.45) is 0. The molecular formula is C7H12O2. The van der Waals surface area contributed by atoms with Crippen molar-refractivity contribution < 1.29 is 9.53 Å². The standard InChI is InChI=1S/C4H8O2.C3H4/c1-3-6-4(2)5;1-3-2/h3H2,1-2H3;1-2H2. The summed E-state index contributed by atoms with van der Waals surface area (Å²) >= 11 is 0. The van der Waals surface area contributed by atoms with Crippen molar-refractivity contribution in [3.8, 4) is 0 Å². The van der Waals surface area contributed by atoms with E-state index in [4.69, 9.17) is 0 Å². The Labute approximate surface area is 55.8 Å². The molecule has 52 valence electrons. The quantitative estimate of drug-likeness (QED) is 0.395. The maximum absolute atomic E-state index is 9.82. The third kappa shape index (κ3) is 44.0. The number of carbonyl (C=O) groups excluding carboxylic acids is 1. The van der Waals surface area contributed by atoms with Gasteiger partial charge in [-0.1, -0.05) is 13.2 Å². The summed E-state index contributed by atoms with van der Waals surface area (Å²) in [6.45, 7) is 9.90. The molecular weight excluding hydrogens is 116 g/mol. The Balaban J connectivity index is 0. The molecule has 0 saturated carbocycles. The Morgan fingerprint density at radius 1 is 1.67 bits per heavy atom. The second kappa shape index (κ2) is 10.1. The van der Waals surface area contributed by atoms with Gasteiger partial charge in [0.05, 0.1) is 6.61 Å². The van der Waals surface area contributed by atoms with Gasteiger partial charge in [0.25, 0.3) is 0 Å². The Morgan fingerprint density at radius 3 is 2.00 bits per heavy atom. The number of ether oxygens (including phenoxy) is 1. The minimum atomic E-state index is -0.211. The molecule has 2 heteroatoms. The van der Waals surface area contributed by atoms with Crippen LogP contribution in [0.15, 0.2) is 18.9 Å². The lowest BCUT2D eigenvalue weighted by Crippen LogP contribution is -1.95. The molecule has 2 nitrogen and oxygen atoms in total. The predicted molar refractivity (Wildman–Crippen MR) is 37.1 cm³/mol. The van der Waals surface area contributed by atoms with Gasteiger partial charge in [-0.2, -0.15) is 0 Å². The molecule has 0 unspecified atom stereocenters. The minimum Gasteiger partial charge on any atom is -0.466 e. The molecule has 0 N–H and O–H groups in total. The molecule has 0 aliphatic heterocycles. The molecule has 0 aromatic rings. The largest absolute Gasteiger partial charge is 0.466 e. The van der Waals surface area contributed by atoms with Crippen molar-refractivity contribution in [1.82, 2.24) is 0 Å². The molecule has 0 amide bonds. The third-order valence-electron chi connectivity index (χ3n) is 0.348. The first-order chi connectivity index (χ1) is 4.18. The zero-order chi connectivity index (χ0) is 7.70. The summed E-state index contributed by atoms with van der Waals surface area (Å²) < 4.78 is 4.40. The van der Waals surface area contributed by atoms with Crippen LogP contribution in [0.1, 0.15) is 13.8 Å². The zero-order valence-electron chi connectivity index (χ0n) is 5.94. The topological polar surface area (TPSA) is 26.3 Å². The molecule has 0 saturated heterocycles. The van der Waals surface area contributed by atoms with Crippen LogP contribution in [0.5, 0.6) is 0 Å². The lowest BCUT2D eigenvalue weighted by Gasteiger charge is -1.89. The molecule has 0 aliphatic carbocycles. The fourth-order valence-electron chi connectivity index (χ4n) is 0.203. The molecule has 0 atom stereocenters. The van der Waals surface area contributed by atoms with Crippen molar-refractivity contribution in [3.63, 3.8) is 0 Å². The van der Waals surface area contributed by atoms with E-state index in [9.17, 15) is 4.79 Å². The first-order valence-electron chi connectivity index (χ1n) is 2.61. The summed E-state index contributed by atoms with van der Waals surface area (Å²) in [6, 6.07) is 0. The Bertz CT molecular complexity index is 99.5. The highest BCUT2D eigenvalue weighted by Gasteiger charge is 1.81. The van der Waals surface area contributed by atoms with E-state index in [0.717, 1.165) is 0 Å². The maximum atomic E-state index is 9.82. The van der Waals surface area contributed by atoms with Crippen molar-refractivity contribution in [2.24, 2.45) is 0 Å². The summed E-state index contributed by atoms with van der Waals surface area (Å²) in [7, 11) is 0. The molecule has 0 aromatic carbocycles. The smallest absolute Gasteiger partial charge is 0.302 e. The summed E-state index contributed by atoms with van der Waals surface area (Å²) in [5.74, 6) is -0.211. The fraction of sp³-hybridized carbons (Fsp3) is 0.429. The van der Waals surface area contributed by atoms with Crippen molar-refractivity contribution in [1.29, 1.82) is 0 Å². The molecule has 0 aliphatic rings. The van der Waals surface area contributed by atoms with E-state index in [0.29, 0.717) is 6.61 Å². The second-order valence-corrected chi connectivity index (χ2v) is 1.17. The van der Waals surface area contributed by atoms with Crippen LogP contribution < -0.4 is 0 Å². The molecule has 0 radical (unpaired) electrons. The van der Waals surface area contributed by atoms with Gasteiger partial charge in [0.15, 0.2) is 0 Å². The van der Waals surface area contributed by atoms with Gasteiger partial charge >= 0.3 is 5.97 Å². The Hall–Kier alpha value is -1.01. The number of hydrogen-bond donors (Lipinski definition) is 0. The Morgan fingerprint density at radius 2 is 2.00 bits per heavy atom. The molecule has 0 aromatic heterocycles. The highest BCUT2D eigenvalue weighted by molar-refractivity contribution is 5.65. The number of hydrogen-bond acceptors (Lipinski definition) is 2. The number of esters is 1. The summed E-state index contributed by atoms with van der Waals surface area (Å²) in [5.41, 5.74) is 2.25. The van der Waals surface area contributed by atoms with Crippen LogP contribution in [0.3, 0.4) is 0 Å². The van der Waals surface area contributed by atoms with Crippen molar-refractivity contribution in [3.05, 3.63) is 18.9 Å². The van der Waals surface area contributed by atoms with E-state index >= 15 is 0 Å². The van der Waals surface area contributed by atoms with Crippen LogP contribution in [0.2, 0.25) is 0 Å². The van der Waals surface area contributed by atoms with Gasteiger partial charge in [0, 0.05) is 6.92 Å². The minimum absolute atomic E-state index is 0.211. The highest BCUT2D eigenvalue weighted by Crippen LogP contribution is 1.69. The summed E-state index contributed by atoms with van der Waals surface area (Å²) in [5, 5.41) is 0. The lowest BCUT2D eigenvalue weighted by atomic mass is 10.8. The van der Waals surface area contributed by atoms with Crippen molar-refractivity contribution in [2.75, 3.05) is 6.61 Å². The normalized spacial score (nSPS) is 6.00. The second-order valence-electron chi connectivity index (χ2n) is 1.17. The van der Waals surface area contributed by atoms with Gasteiger partial charge in [-0.05, 0) is 6.92 Å². The molecule has 9 heavy (non-hydrogen) atoms. The van der Waals surface area contributed by atoms with Gasteiger partial charge in [-0.3, -0.25) is 4.79 Å². The first-order valence-corrected chi connectivity index (χ1v) is 2.61. The predicted octanol–water partition coefficient (Wildman–Crippen LogP) is 1.53. The summed E-state index contributed by atoms with van der Waals surface area (Å²) in [4.78, 5) is 9.82. The lowest BCUT2D eigenvalue weighted by molar-refractivity contribution is -0.140. The van der Waals surface area contributed by atoms with E-state index in [1.807, 2.05) is 0 Å². The molecule has 0 fully saturated rings. The van der Waals surface area contributed by atoms with Gasteiger partial charge in [-0.15, -0.1) is 5.73 Å². The average molecular weight is 128 g/mol. The van der Waals surface area contributed by atoms with Crippen LogP contribution in [0, 0.1) is 0 Å². The molecule has 0 rings (SSSR count).